The van der Waals surface area contributed by atoms with Crippen LogP contribution in [0, 0.1) is 0 Å². The normalized spacial score (nSPS) is 12.9. The number of amides is 2. The summed E-state index contributed by atoms with van der Waals surface area (Å²) in [6.45, 7) is 5.94. The molecule has 0 spiro atoms. The van der Waals surface area contributed by atoms with Gasteiger partial charge in [-0.1, -0.05) is 72.4 Å². The van der Waals surface area contributed by atoms with Crippen LogP contribution in [-0.4, -0.2) is 28.8 Å². The van der Waals surface area contributed by atoms with Crippen LogP contribution in [0.4, 0.5) is 0 Å². The summed E-state index contributed by atoms with van der Waals surface area (Å²) in [5.74, 6) is -0.479. The Morgan fingerprint density at radius 3 is 2.16 bits per heavy atom. The molecule has 2 atom stereocenters. The fourth-order valence-corrected chi connectivity index (χ4v) is 4.15. The molecule has 0 aromatic heterocycles. The van der Waals surface area contributed by atoms with Crippen molar-refractivity contribution >= 4 is 58.2 Å². The number of benzene rings is 2. The minimum Gasteiger partial charge on any atom is -0.352 e. The van der Waals surface area contributed by atoms with Crippen LogP contribution in [0.25, 0.3) is 0 Å². The number of hydrogen-bond acceptors (Lipinski definition) is 2. The predicted molar refractivity (Wildman–Crippen MR) is 129 cm³/mol. The van der Waals surface area contributed by atoms with E-state index in [1.165, 1.54) is 4.90 Å². The van der Waals surface area contributed by atoms with Crippen molar-refractivity contribution in [2.24, 2.45) is 0 Å². The summed E-state index contributed by atoms with van der Waals surface area (Å²) in [6.07, 6.45) is 1.20. The quantitative estimate of drug-likeness (QED) is 0.421. The highest BCUT2D eigenvalue weighted by molar-refractivity contribution is 6.36. The summed E-state index contributed by atoms with van der Waals surface area (Å²) >= 11 is 24.9. The van der Waals surface area contributed by atoms with Crippen molar-refractivity contribution < 1.29 is 9.59 Å². The molecule has 0 aliphatic heterocycles. The van der Waals surface area contributed by atoms with Crippen LogP contribution in [0.2, 0.25) is 20.1 Å². The first-order valence-electron chi connectivity index (χ1n) is 10.1. The molecule has 31 heavy (non-hydrogen) atoms. The average Bonchev–Trinajstić information content (AvgIpc) is 2.71. The third-order valence-corrected chi connectivity index (χ3v) is 6.43. The van der Waals surface area contributed by atoms with Crippen molar-refractivity contribution in [3.63, 3.8) is 0 Å². The minimum absolute atomic E-state index is 0.00404. The van der Waals surface area contributed by atoms with Gasteiger partial charge in [-0.2, -0.15) is 0 Å². The Bertz CT molecular complexity index is 916. The van der Waals surface area contributed by atoms with E-state index < -0.39 is 6.04 Å². The SMILES string of the molecule is CC[C@@H](C)NC(=O)[C@H](CC)N(Cc1ccc(Cl)cc1Cl)C(=O)Cc1c(Cl)cccc1Cl. The van der Waals surface area contributed by atoms with Gasteiger partial charge in [-0.3, -0.25) is 9.59 Å². The predicted octanol–water partition coefficient (Wildman–Crippen LogP) is 6.56. The number of halogens is 4. The number of carbonyl (C=O) groups is 2. The molecule has 2 amide bonds. The molecule has 0 fully saturated rings. The third kappa shape index (κ3) is 7.01. The van der Waals surface area contributed by atoms with Gasteiger partial charge in [-0.15, -0.1) is 0 Å². The van der Waals surface area contributed by atoms with Crippen molar-refractivity contribution in [1.29, 1.82) is 0 Å². The summed E-state index contributed by atoms with van der Waals surface area (Å²) in [6, 6.07) is 9.49. The molecule has 2 aromatic carbocycles. The first-order valence-corrected chi connectivity index (χ1v) is 11.7. The summed E-state index contributed by atoms with van der Waals surface area (Å²) in [7, 11) is 0. The molecular weight excluding hydrogens is 478 g/mol. The maximum Gasteiger partial charge on any atom is 0.243 e. The number of nitrogens with zero attached hydrogens (tertiary/aromatic N) is 1. The third-order valence-electron chi connectivity index (χ3n) is 5.13. The lowest BCUT2D eigenvalue weighted by Crippen LogP contribution is -2.51. The van der Waals surface area contributed by atoms with Gasteiger partial charge in [0.05, 0.1) is 6.42 Å². The molecule has 2 aromatic rings. The van der Waals surface area contributed by atoms with Crippen LogP contribution in [0.1, 0.15) is 44.7 Å². The molecule has 0 unspecified atom stereocenters. The monoisotopic (exact) mass is 502 g/mol. The van der Waals surface area contributed by atoms with E-state index in [1.807, 2.05) is 20.8 Å². The largest absolute Gasteiger partial charge is 0.352 e. The summed E-state index contributed by atoms with van der Waals surface area (Å²) in [5.41, 5.74) is 1.22. The summed E-state index contributed by atoms with van der Waals surface area (Å²) < 4.78 is 0. The highest BCUT2D eigenvalue weighted by Crippen LogP contribution is 2.27. The van der Waals surface area contributed by atoms with Crippen LogP contribution in [-0.2, 0) is 22.6 Å². The van der Waals surface area contributed by atoms with Gasteiger partial charge in [0.2, 0.25) is 11.8 Å². The Morgan fingerprint density at radius 2 is 1.61 bits per heavy atom. The highest BCUT2D eigenvalue weighted by Gasteiger charge is 2.30. The van der Waals surface area contributed by atoms with E-state index in [9.17, 15) is 9.59 Å². The number of carbonyl (C=O) groups excluding carboxylic acids is 2. The van der Waals surface area contributed by atoms with Crippen LogP contribution in [0.5, 0.6) is 0 Å². The first kappa shape index (κ1) is 25.8. The Balaban J connectivity index is 2.40. The molecule has 0 aliphatic carbocycles. The maximum atomic E-state index is 13.4. The molecular formula is C23H26Cl4N2O2. The molecule has 0 heterocycles. The molecule has 1 N–H and O–H groups in total. The molecule has 0 saturated heterocycles. The van der Waals surface area contributed by atoms with E-state index in [0.717, 1.165) is 6.42 Å². The summed E-state index contributed by atoms with van der Waals surface area (Å²) in [5, 5.41) is 4.71. The molecule has 0 radical (unpaired) electrons. The van der Waals surface area contributed by atoms with E-state index >= 15 is 0 Å². The van der Waals surface area contributed by atoms with Crippen molar-refractivity contribution in [2.75, 3.05) is 0 Å². The molecule has 8 heteroatoms. The smallest absolute Gasteiger partial charge is 0.243 e. The van der Waals surface area contributed by atoms with Gasteiger partial charge < -0.3 is 10.2 Å². The van der Waals surface area contributed by atoms with Gasteiger partial charge in [-0.05, 0) is 55.2 Å². The van der Waals surface area contributed by atoms with Crippen molar-refractivity contribution in [3.8, 4) is 0 Å². The highest BCUT2D eigenvalue weighted by atomic mass is 35.5. The Hall–Kier alpha value is -1.46. The van der Waals surface area contributed by atoms with Gasteiger partial charge in [0.25, 0.3) is 0 Å². The zero-order chi connectivity index (χ0) is 23.1. The lowest BCUT2D eigenvalue weighted by atomic mass is 10.1. The molecule has 0 aliphatic rings. The van der Waals surface area contributed by atoms with Gasteiger partial charge in [-0.25, -0.2) is 0 Å². The van der Waals surface area contributed by atoms with Gasteiger partial charge in [0.15, 0.2) is 0 Å². The van der Waals surface area contributed by atoms with E-state index in [-0.39, 0.29) is 30.8 Å². The fraction of sp³-hybridized carbons (Fsp3) is 0.391. The Morgan fingerprint density at radius 1 is 0.968 bits per heavy atom. The average molecular weight is 504 g/mol. The van der Waals surface area contributed by atoms with Crippen LogP contribution < -0.4 is 5.32 Å². The zero-order valence-electron chi connectivity index (χ0n) is 17.7. The zero-order valence-corrected chi connectivity index (χ0v) is 20.7. The lowest BCUT2D eigenvalue weighted by Gasteiger charge is -2.32. The molecule has 0 saturated carbocycles. The van der Waals surface area contributed by atoms with E-state index in [1.54, 1.807) is 36.4 Å². The first-order chi connectivity index (χ1) is 14.7. The van der Waals surface area contributed by atoms with Gasteiger partial charge in [0, 0.05) is 32.7 Å². The number of rotatable bonds is 9. The summed E-state index contributed by atoms with van der Waals surface area (Å²) in [4.78, 5) is 27.9. The minimum atomic E-state index is -0.672. The fourth-order valence-electron chi connectivity index (χ4n) is 3.15. The van der Waals surface area contributed by atoms with Gasteiger partial charge >= 0.3 is 0 Å². The molecule has 4 nitrogen and oxygen atoms in total. The van der Waals surface area contributed by atoms with E-state index in [0.29, 0.717) is 37.6 Å². The second-order valence-electron chi connectivity index (χ2n) is 7.38. The number of nitrogens with one attached hydrogen (secondary N) is 1. The Kier molecular flexibility index (Phi) is 9.95. The molecule has 168 valence electrons. The van der Waals surface area contributed by atoms with Crippen LogP contribution in [0.3, 0.4) is 0 Å². The van der Waals surface area contributed by atoms with E-state index in [2.05, 4.69) is 5.32 Å². The lowest BCUT2D eigenvalue weighted by molar-refractivity contribution is -0.141. The number of hydrogen-bond donors (Lipinski definition) is 1. The van der Waals surface area contributed by atoms with Crippen molar-refractivity contribution in [1.82, 2.24) is 10.2 Å². The van der Waals surface area contributed by atoms with Crippen LogP contribution in [0.15, 0.2) is 36.4 Å². The van der Waals surface area contributed by atoms with Crippen molar-refractivity contribution in [3.05, 3.63) is 67.6 Å². The van der Waals surface area contributed by atoms with Crippen molar-refractivity contribution in [2.45, 2.75) is 58.7 Å². The van der Waals surface area contributed by atoms with E-state index in [4.69, 9.17) is 46.4 Å². The molecule has 2 rings (SSSR count). The second kappa shape index (κ2) is 12.0. The van der Waals surface area contributed by atoms with Gasteiger partial charge in [0.1, 0.15) is 6.04 Å². The molecule has 0 bridgehead atoms. The maximum absolute atomic E-state index is 13.4. The topological polar surface area (TPSA) is 49.4 Å². The Labute approximate surface area is 203 Å². The second-order valence-corrected chi connectivity index (χ2v) is 9.03. The standard InChI is InChI=1S/C23H26Cl4N2O2/c1-4-14(3)28-23(31)21(5-2)29(13-15-9-10-16(24)11-20(15)27)22(30)12-17-18(25)7-6-8-19(17)26/h6-11,14,21H,4-5,12-13H2,1-3H3,(H,28,31)/t14-,21+/m1/s1. The van der Waals surface area contributed by atoms with Crippen LogP contribution >= 0.6 is 46.4 Å².